The summed E-state index contributed by atoms with van der Waals surface area (Å²) < 4.78 is 7.33. The van der Waals surface area contributed by atoms with Crippen molar-refractivity contribution in [3.63, 3.8) is 0 Å². The van der Waals surface area contributed by atoms with Crippen LogP contribution in [0.4, 0.5) is 0 Å². The molecule has 0 saturated heterocycles. The number of carboxylic acids is 1. The van der Waals surface area contributed by atoms with Crippen LogP contribution in [0.2, 0.25) is 0 Å². The molecule has 18 heavy (non-hydrogen) atoms. The van der Waals surface area contributed by atoms with Crippen molar-refractivity contribution in [1.82, 2.24) is 4.31 Å². The zero-order valence-electron chi connectivity index (χ0n) is 10.5. The number of fused-ring (bicyclic) bond motifs is 1. The maximum Gasteiger partial charge on any atom is 0.356 e. The third-order valence-electron chi connectivity index (χ3n) is 2.45. The van der Waals surface area contributed by atoms with E-state index in [1.54, 1.807) is 11.4 Å². The van der Waals surface area contributed by atoms with E-state index in [0.717, 1.165) is 10.5 Å². The van der Waals surface area contributed by atoms with Crippen molar-refractivity contribution in [2.45, 2.75) is 24.8 Å². The van der Waals surface area contributed by atoms with E-state index in [2.05, 4.69) is 0 Å². The molecule has 1 aliphatic rings. The molecule has 5 heteroatoms. The average molecular weight is 265 g/mol. The summed E-state index contributed by atoms with van der Waals surface area (Å²) in [5.74, 6) is -0.537. The van der Waals surface area contributed by atoms with Gasteiger partial charge in [-0.2, -0.15) is 0 Å². The van der Waals surface area contributed by atoms with E-state index in [0.29, 0.717) is 5.76 Å². The average Bonchev–Trinajstić information content (AvgIpc) is 2.27. The second-order valence-electron chi connectivity index (χ2n) is 4.23. The molecule has 0 radical (unpaired) electrons. The lowest BCUT2D eigenvalue weighted by molar-refractivity contribution is -0.133. The molecule has 1 aromatic carbocycles. The van der Waals surface area contributed by atoms with Gasteiger partial charge in [0.05, 0.1) is 6.10 Å². The van der Waals surface area contributed by atoms with Gasteiger partial charge in [-0.25, -0.2) is 4.79 Å². The Hall–Kier alpha value is -1.62. The summed E-state index contributed by atoms with van der Waals surface area (Å²) in [5.41, 5.74) is 1.03. The highest BCUT2D eigenvalue weighted by Gasteiger charge is 2.29. The summed E-state index contributed by atoms with van der Waals surface area (Å²) in [6.07, 6.45) is -0.0705. The first-order valence-corrected chi connectivity index (χ1v) is 6.43. The largest absolute Gasteiger partial charge is 0.488 e. The number of aliphatic carboxylic acids is 1. The molecule has 96 valence electrons. The van der Waals surface area contributed by atoms with Crippen molar-refractivity contribution in [1.29, 1.82) is 0 Å². The van der Waals surface area contributed by atoms with Crippen molar-refractivity contribution in [2.75, 3.05) is 7.05 Å². The molecule has 0 spiro atoms. The van der Waals surface area contributed by atoms with E-state index in [4.69, 9.17) is 4.74 Å². The second-order valence-corrected chi connectivity index (χ2v) is 5.40. The summed E-state index contributed by atoms with van der Waals surface area (Å²) in [6, 6.07) is 7.65. The highest BCUT2D eigenvalue weighted by atomic mass is 32.2. The number of ether oxygens (including phenoxy) is 1. The molecule has 4 nitrogen and oxygen atoms in total. The zero-order valence-corrected chi connectivity index (χ0v) is 11.3. The summed E-state index contributed by atoms with van der Waals surface area (Å²) in [7, 11) is 1.73. The van der Waals surface area contributed by atoms with E-state index >= 15 is 0 Å². The molecule has 0 saturated carbocycles. The minimum atomic E-state index is -0.977. The predicted octanol–water partition coefficient (Wildman–Crippen LogP) is 2.82. The quantitative estimate of drug-likeness (QED) is 0.852. The molecule has 1 N–H and O–H groups in total. The van der Waals surface area contributed by atoms with Crippen LogP contribution >= 0.6 is 11.9 Å². The fourth-order valence-corrected chi connectivity index (χ4v) is 2.73. The normalized spacial score (nSPS) is 14.8. The minimum Gasteiger partial charge on any atom is -0.488 e. The monoisotopic (exact) mass is 265 g/mol. The topological polar surface area (TPSA) is 49.8 Å². The summed E-state index contributed by atoms with van der Waals surface area (Å²) in [5, 5.41) is 9.32. The molecule has 0 aliphatic carbocycles. The molecule has 2 rings (SSSR count). The maximum atomic E-state index is 11.4. The van der Waals surface area contributed by atoms with Gasteiger partial charge in [-0.3, -0.25) is 0 Å². The standard InChI is InChI=1S/C13H15NO3S/c1-8(2)17-12-9-6-4-5-7-10(9)18-14(3)11(12)13(15)16/h4-8H,1-3H3,(H,15,16). The van der Waals surface area contributed by atoms with E-state index in [9.17, 15) is 9.90 Å². The van der Waals surface area contributed by atoms with Crippen LogP contribution in [0, 0.1) is 0 Å². The summed E-state index contributed by atoms with van der Waals surface area (Å²) in [4.78, 5) is 12.4. The molecule has 1 aliphatic heterocycles. The fourth-order valence-electron chi connectivity index (χ4n) is 1.78. The van der Waals surface area contributed by atoms with Crippen LogP contribution in [0.1, 0.15) is 19.4 Å². The first-order chi connectivity index (χ1) is 8.50. The van der Waals surface area contributed by atoms with E-state index in [1.807, 2.05) is 38.1 Å². The van der Waals surface area contributed by atoms with E-state index in [-0.39, 0.29) is 11.8 Å². The van der Waals surface area contributed by atoms with Gasteiger partial charge in [-0.1, -0.05) is 12.1 Å². The van der Waals surface area contributed by atoms with Crippen LogP contribution in [0.25, 0.3) is 5.76 Å². The van der Waals surface area contributed by atoms with Gasteiger partial charge in [0.25, 0.3) is 0 Å². The van der Waals surface area contributed by atoms with Crippen molar-refractivity contribution in [3.05, 3.63) is 35.5 Å². The van der Waals surface area contributed by atoms with Crippen molar-refractivity contribution < 1.29 is 14.6 Å². The number of rotatable bonds is 3. The maximum absolute atomic E-state index is 11.4. The summed E-state index contributed by atoms with van der Waals surface area (Å²) >= 11 is 1.39. The van der Waals surface area contributed by atoms with Crippen molar-refractivity contribution >= 4 is 23.7 Å². The fraction of sp³-hybridized carbons (Fsp3) is 0.308. The van der Waals surface area contributed by atoms with Gasteiger partial charge in [0.15, 0.2) is 11.5 Å². The third-order valence-corrected chi connectivity index (χ3v) is 3.46. The Morgan fingerprint density at radius 3 is 2.67 bits per heavy atom. The molecule has 1 aromatic rings. The zero-order chi connectivity index (χ0) is 13.3. The Balaban J connectivity index is 2.59. The van der Waals surface area contributed by atoms with Crippen LogP contribution in [0.5, 0.6) is 0 Å². The number of hydrogen-bond donors (Lipinski definition) is 1. The van der Waals surface area contributed by atoms with Gasteiger partial charge < -0.3 is 14.1 Å². The molecular weight excluding hydrogens is 250 g/mol. The van der Waals surface area contributed by atoms with Gasteiger partial charge in [0, 0.05) is 17.5 Å². The Morgan fingerprint density at radius 1 is 1.39 bits per heavy atom. The van der Waals surface area contributed by atoms with Crippen molar-refractivity contribution in [3.8, 4) is 0 Å². The minimum absolute atomic E-state index is 0.0705. The molecule has 0 unspecified atom stereocenters. The smallest absolute Gasteiger partial charge is 0.356 e. The van der Waals surface area contributed by atoms with Crippen molar-refractivity contribution in [2.24, 2.45) is 0 Å². The van der Waals surface area contributed by atoms with Crippen LogP contribution in [-0.4, -0.2) is 28.5 Å². The van der Waals surface area contributed by atoms with Crippen LogP contribution in [-0.2, 0) is 9.53 Å². The first kappa shape index (κ1) is 12.8. The molecule has 0 amide bonds. The van der Waals surface area contributed by atoms with Gasteiger partial charge >= 0.3 is 5.97 Å². The van der Waals surface area contributed by atoms with Gasteiger partial charge in [-0.15, -0.1) is 0 Å². The molecular formula is C13H15NO3S. The predicted molar refractivity (Wildman–Crippen MR) is 70.8 cm³/mol. The van der Waals surface area contributed by atoms with E-state index < -0.39 is 5.97 Å². The number of carbonyl (C=O) groups is 1. The molecule has 0 aromatic heterocycles. The number of carboxylic acid groups (broad SMARTS) is 1. The number of nitrogens with zero attached hydrogens (tertiary/aromatic N) is 1. The number of hydrogen-bond acceptors (Lipinski definition) is 4. The molecule has 0 atom stereocenters. The SMILES string of the molecule is CC(C)OC1=C(C(=O)O)N(C)Sc2ccccc21. The molecule has 0 fully saturated rings. The van der Waals surface area contributed by atoms with Gasteiger partial charge in [-0.05, 0) is 37.9 Å². The molecule has 1 heterocycles. The lowest BCUT2D eigenvalue weighted by atomic mass is 10.1. The first-order valence-electron chi connectivity index (χ1n) is 5.66. The Labute approximate surface area is 110 Å². The molecule has 0 bridgehead atoms. The number of benzene rings is 1. The van der Waals surface area contributed by atoms with Crippen LogP contribution in [0.3, 0.4) is 0 Å². The van der Waals surface area contributed by atoms with Gasteiger partial charge in [0.2, 0.25) is 0 Å². The Bertz CT molecular complexity index is 511. The highest BCUT2D eigenvalue weighted by Crippen LogP contribution is 2.40. The third kappa shape index (κ3) is 2.31. The highest BCUT2D eigenvalue weighted by molar-refractivity contribution is 7.97. The van der Waals surface area contributed by atoms with Crippen LogP contribution in [0.15, 0.2) is 34.9 Å². The summed E-state index contributed by atoms with van der Waals surface area (Å²) in [6.45, 7) is 3.77. The van der Waals surface area contributed by atoms with Crippen LogP contribution < -0.4 is 0 Å². The Kier molecular flexibility index (Phi) is 3.52. The lowest BCUT2D eigenvalue weighted by Gasteiger charge is -2.29. The lowest BCUT2D eigenvalue weighted by Crippen LogP contribution is -2.24. The van der Waals surface area contributed by atoms with Gasteiger partial charge in [0.1, 0.15) is 0 Å². The second kappa shape index (κ2) is 4.94. The number of likely N-dealkylation sites (N-methyl/N-ethyl adjacent to an activating group) is 1. The van der Waals surface area contributed by atoms with E-state index in [1.165, 1.54) is 11.9 Å². The Morgan fingerprint density at radius 2 is 2.06 bits per heavy atom.